The molecule has 0 atom stereocenters. The third-order valence-corrected chi connectivity index (χ3v) is 3.23. The van der Waals surface area contributed by atoms with Crippen LogP contribution in [0.5, 0.6) is 0 Å². The molecule has 0 bridgehead atoms. The zero-order chi connectivity index (χ0) is 9.80. The van der Waals surface area contributed by atoms with Crippen LogP contribution in [0.1, 0.15) is 12.0 Å². The van der Waals surface area contributed by atoms with Crippen LogP contribution in [0.3, 0.4) is 0 Å². The van der Waals surface area contributed by atoms with Crippen molar-refractivity contribution in [3.63, 3.8) is 0 Å². The molecule has 0 radical (unpaired) electrons. The second-order valence-electron chi connectivity index (χ2n) is 3.60. The Morgan fingerprint density at radius 3 is 2.29 bits per heavy atom. The lowest BCUT2D eigenvalue weighted by Crippen LogP contribution is -1.93. The van der Waals surface area contributed by atoms with Crippen molar-refractivity contribution < 1.29 is 0 Å². The number of benzene rings is 1. The molecule has 1 aliphatic rings. The monoisotopic (exact) mass is 296 g/mol. The van der Waals surface area contributed by atoms with Crippen LogP contribution in [-0.4, -0.2) is 0 Å². The van der Waals surface area contributed by atoms with Gasteiger partial charge in [0, 0.05) is 3.57 Å². The lowest BCUT2D eigenvalue weighted by molar-refractivity contribution is 0.715. The molecule has 1 aromatic rings. The number of aryl methyl sites for hydroxylation is 1. The van der Waals surface area contributed by atoms with Gasteiger partial charge < -0.3 is 0 Å². The zero-order valence-corrected chi connectivity index (χ0v) is 10.1. The summed E-state index contributed by atoms with van der Waals surface area (Å²) < 4.78 is 1.31. The summed E-state index contributed by atoms with van der Waals surface area (Å²) in [6, 6.07) is 8.81. The number of halogens is 1. The van der Waals surface area contributed by atoms with Crippen molar-refractivity contribution in [1.82, 2.24) is 0 Å². The van der Waals surface area contributed by atoms with Crippen LogP contribution < -0.4 is 0 Å². The topological polar surface area (TPSA) is 0 Å². The maximum absolute atomic E-state index is 2.34. The molecule has 2 rings (SSSR count). The Morgan fingerprint density at radius 1 is 1.00 bits per heavy atom. The zero-order valence-electron chi connectivity index (χ0n) is 7.99. The minimum Gasteiger partial charge on any atom is -0.0776 e. The van der Waals surface area contributed by atoms with E-state index in [9.17, 15) is 0 Å². The smallest absolute Gasteiger partial charge is 0.0130 e. The van der Waals surface area contributed by atoms with Gasteiger partial charge in [-0.2, -0.15) is 0 Å². The molecule has 1 heteroatoms. The first-order chi connectivity index (χ1) is 6.84. The summed E-state index contributed by atoms with van der Waals surface area (Å²) in [7, 11) is 0. The third-order valence-electron chi connectivity index (χ3n) is 2.51. The maximum atomic E-state index is 2.34. The minimum absolute atomic E-state index is 0.661. The molecular weight excluding hydrogens is 283 g/mol. The Labute approximate surface area is 98.9 Å². The van der Waals surface area contributed by atoms with Crippen molar-refractivity contribution in [2.24, 2.45) is 5.92 Å². The van der Waals surface area contributed by atoms with Crippen LogP contribution >= 0.6 is 22.6 Å². The van der Waals surface area contributed by atoms with Crippen LogP contribution in [-0.2, 0) is 6.42 Å². The Balaban J connectivity index is 1.88. The normalized spacial score (nSPS) is 15.2. The van der Waals surface area contributed by atoms with Crippen molar-refractivity contribution in [3.05, 3.63) is 57.7 Å². The van der Waals surface area contributed by atoms with Gasteiger partial charge in [-0.05, 0) is 59.0 Å². The van der Waals surface area contributed by atoms with Crippen molar-refractivity contribution in [2.75, 3.05) is 0 Å². The van der Waals surface area contributed by atoms with Gasteiger partial charge in [-0.3, -0.25) is 0 Å². The number of hydrogen-bond acceptors (Lipinski definition) is 0. The summed E-state index contributed by atoms with van der Waals surface area (Å²) in [5.41, 5.74) is 1.44. The molecule has 1 aliphatic carbocycles. The van der Waals surface area contributed by atoms with Gasteiger partial charge in [0.15, 0.2) is 0 Å². The fourth-order valence-corrected chi connectivity index (χ4v) is 2.01. The van der Waals surface area contributed by atoms with Crippen LogP contribution in [0.15, 0.2) is 48.6 Å². The van der Waals surface area contributed by atoms with Gasteiger partial charge in [-0.25, -0.2) is 0 Å². The maximum Gasteiger partial charge on any atom is 0.0130 e. The first-order valence-corrected chi connectivity index (χ1v) is 6.02. The van der Waals surface area contributed by atoms with E-state index in [0.29, 0.717) is 5.92 Å². The molecule has 0 saturated heterocycles. The van der Waals surface area contributed by atoms with E-state index in [2.05, 4.69) is 71.2 Å². The molecule has 14 heavy (non-hydrogen) atoms. The number of rotatable bonds is 3. The molecule has 1 aromatic carbocycles. The molecule has 0 spiro atoms. The van der Waals surface area contributed by atoms with Crippen LogP contribution in [0.4, 0.5) is 0 Å². The molecule has 0 N–H and O–H groups in total. The molecule has 0 heterocycles. The summed E-state index contributed by atoms with van der Waals surface area (Å²) in [5.74, 6) is 0.661. The highest BCUT2D eigenvalue weighted by molar-refractivity contribution is 14.1. The molecule has 0 saturated carbocycles. The highest BCUT2D eigenvalue weighted by atomic mass is 127. The average molecular weight is 296 g/mol. The second-order valence-corrected chi connectivity index (χ2v) is 4.84. The van der Waals surface area contributed by atoms with Crippen molar-refractivity contribution >= 4 is 22.6 Å². The summed E-state index contributed by atoms with van der Waals surface area (Å²) in [6.45, 7) is 0. The van der Waals surface area contributed by atoms with E-state index in [0.717, 1.165) is 0 Å². The van der Waals surface area contributed by atoms with Gasteiger partial charge in [0.25, 0.3) is 0 Å². The SMILES string of the molecule is Ic1ccc(CCC2C=CC=C2)cc1. The van der Waals surface area contributed by atoms with Gasteiger partial charge in [-0.15, -0.1) is 0 Å². The first-order valence-electron chi connectivity index (χ1n) is 4.94. The molecule has 0 amide bonds. The number of allylic oxidation sites excluding steroid dienone is 4. The van der Waals surface area contributed by atoms with Gasteiger partial charge in [0.05, 0.1) is 0 Å². The standard InChI is InChI=1S/C13H13I/c14-13-9-7-12(8-10-13)6-5-11-3-1-2-4-11/h1-4,7-11H,5-6H2. The quantitative estimate of drug-likeness (QED) is 0.740. The van der Waals surface area contributed by atoms with E-state index >= 15 is 0 Å². The second kappa shape index (κ2) is 4.78. The number of hydrogen-bond donors (Lipinski definition) is 0. The van der Waals surface area contributed by atoms with E-state index in [-0.39, 0.29) is 0 Å². The van der Waals surface area contributed by atoms with E-state index in [1.807, 2.05) is 0 Å². The molecular formula is C13H13I. The predicted molar refractivity (Wildman–Crippen MR) is 69.3 cm³/mol. The summed E-state index contributed by atoms with van der Waals surface area (Å²) in [5, 5.41) is 0. The van der Waals surface area contributed by atoms with Gasteiger partial charge in [-0.1, -0.05) is 36.4 Å². The lowest BCUT2D eigenvalue weighted by atomic mass is 10.0. The summed E-state index contributed by atoms with van der Waals surface area (Å²) >= 11 is 2.34. The van der Waals surface area contributed by atoms with E-state index in [1.165, 1.54) is 22.0 Å². The lowest BCUT2D eigenvalue weighted by Gasteiger charge is -2.05. The predicted octanol–water partition coefficient (Wildman–Crippen LogP) is 3.97. The summed E-state index contributed by atoms with van der Waals surface area (Å²) in [6.07, 6.45) is 11.2. The molecule has 0 aliphatic heterocycles. The van der Waals surface area contributed by atoms with Crippen LogP contribution in [0, 0.1) is 9.49 Å². The van der Waals surface area contributed by atoms with E-state index in [4.69, 9.17) is 0 Å². The Bertz CT molecular complexity index is 334. The highest BCUT2D eigenvalue weighted by Crippen LogP contribution is 2.17. The van der Waals surface area contributed by atoms with Crippen LogP contribution in [0.25, 0.3) is 0 Å². The largest absolute Gasteiger partial charge is 0.0776 e. The van der Waals surface area contributed by atoms with Crippen molar-refractivity contribution in [3.8, 4) is 0 Å². The van der Waals surface area contributed by atoms with Crippen molar-refractivity contribution in [1.29, 1.82) is 0 Å². The van der Waals surface area contributed by atoms with Gasteiger partial charge in [0.1, 0.15) is 0 Å². The highest BCUT2D eigenvalue weighted by Gasteiger charge is 2.03. The Kier molecular flexibility index (Phi) is 3.40. The van der Waals surface area contributed by atoms with Gasteiger partial charge in [0.2, 0.25) is 0 Å². The first kappa shape index (κ1) is 9.97. The third kappa shape index (κ3) is 2.71. The molecule has 0 unspecified atom stereocenters. The summed E-state index contributed by atoms with van der Waals surface area (Å²) in [4.78, 5) is 0. The Hall–Kier alpha value is -0.570. The molecule has 72 valence electrons. The van der Waals surface area contributed by atoms with E-state index < -0.39 is 0 Å². The Morgan fingerprint density at radius 2 is 1.64 bits per heavy atom. The fraction of sp³-hybridized carbons (Fsp3) is 0.231. The molecule has 0 nitrogen and oxygen atoms in total. The minimum atomic E-state index is 0.661. The van der Waals surface area contributed by atoms with Crippen LogP contribution in [0.2, 0.25) is 0 Å². The molecule has 0 aromatic heterocycles. The molecule has 0 fully saturated rings. The average Bonchev–Trinajstić information content (AvgIpc) is 2.70. The van der Waals surface area contributed by atoms with Crippen molar-refractivity contribution in [2.45, 2.75) is 12.8 Å². The fourth-order valence-electron chi connectivity index (χ4n) is 1.65. The van der Waals surface area contributed by atoms with E-state index in [1.54, 1.807) is 0 Å². The van der Waals surface area contributed by atoms with Gasteiger partial charge >= 0.3 is 0 Å².